The van der Waals surface area contributed by atoms with Gasteiger partial charge in [0.2, 0.25) is 0 Å². The summed E-state index contributed by atoms with van der Waals surface area (Å²) in [6.45, 7) is 9.20. The summed E-state index contributed by atoms with van der Waals surface area (Å²) in [6, 6.07) is 2.20. The van der Waals surface area contributed by atoms with Crippen LogP contribution in [0.5, 0.6) is 5.75 Å². The van der Waals surface area contributed by atoms with Gasteiger partial charge in [-0.3, -0.25) is 4.98 Å². The molecule has 2 atom stereocenters. The van der Waals surface area contributed by atoms with Crippen molar-refractivity contribution >= 4 is 0 Å². The van der Waals surface area contributed by atoms with Crippen LogP contribution in [-0.2, 0) is 4.74 Å². The Morgan fingerprint density at radius 3 is 2.55 bits per heavy atom. The van der Waals surface area contributed by atoms with Crippen LogP contribution in [0.2, 0.25) is 0 Å². The summed E-state index contributed by atoms with van der Waals surface area (Å²) < 4.78 is 11.4. The zero-order valence-corrected chi connectivity index (χ0v) is 13.3. The van der Waals surface area contributed by atoms with E-state index in [1.807, 2.05) is 20.0 Å². The lowest BCUT2D eigenvalue weighted by Gasteiger charge is -2.27. The number of hydrogen-bond donors (Lipinski definition) is 1. The van der Waals surface area contributed by atoms with Gasteiger partial charge < -0.3 is 14.8 Å². The molecule has 0 aliphatic heterocycles. The van der Waals surface area contributed by atoms with Crippen molar-refractivity contribution in [3.8, 4) is 5.75 Å². The summed E-state index contributed by atoms with van der Waals surface area (Å²) in [5, 5.41) is 3.49. The molecule has 114 valence electrons. The van der Waals surface area contributed by atoms with E-state index in [9.17, 15) is 0 Å². The van der Waals surface area contributed by atoms with Gasteiger partial charge in [-0.15, -0.1) is 0 Å². The number of nitrogens with one attached hydrogen (secondary N) is 1. The normalized spacial score (nSPS) is 14.3. The highest BCUT2D eigenvalue weighted by atomic mass is 16.5. The summed E-state index contributed by atoms with van der Waals surface area (Å²) in [5.41, 5.74) is 1.12. The first-order valence-electron chi connectivity index (χ1n) is 7.50. The fraction of sp³-hybridized carbons (Fsp3) is 0.688. The molecular formula is C16H28N2O2. The first kappa shape index (κ1) is 16.9. The molecule has 0 radical (unpaired) electrons. The second-order valence-corrected chi connectivity index (χ2v) is 5.22. The van der Waals surface area contributed by atoms with Gasteiger partial charge in [0.25, 0.3) is 0 Å². The minimum atomic E-state index is 0.146. The average molecular weight is 280 g/mol. The van der Waals surface area contributed by atoms with Crippen LogP contribution in [0.1, 0.15) is 52.1 Å². The molecule has 0 fully saturated rings. The van der Waals surface area contributed by atoms with Crippen LogP contribution in [-0.4, -0.2) is 30.8 Å². The van der Waals surface area contributed by atoms with Gasteiger partial charge in [0.05, 0.1) is 24.4 Å². The first-order valence-corrected chi connectivity index (χ1v) is 7.50. The van der Waals surface area contributed by atoms with Crippen LogP contribution >= 0.6 is 0 Å². The highest BCUT2D eigenvalue weighted by Crippen LogP contribution is 2.25. The van der Waals surface area contributed by atoms with Gasteiger partial charge in [0.1, 0.15) is 5.75 Å². The fourth-order valence-electron chi connectivity index (χ4n) is 2.33. The Morgan fingerprint density at radius 2 is 2.00 bits per heavy atom. The SMILES string of the molecule is CCCC(OC)C(NCC)c1cncc(OC(C)C)c1. The number of hydrogen-bond acceptors (Lipinski definition) is 4. The molecule has 1 N–H and O–H groups in total. The molecule has 0 saturated carbocycles. The summed E-state index contributed by atoms with van der Waals surface area (Å²) in [6.07, 6.45) is 6.06. The zero-order valence-electron chi connectivity index (χ0n) is 13.3. The third kappa shape index (κ3) is 5.10. The van der Waals surface area contributed by atoms with E-state index in [-0.39, 0.29) is 18.2 Å². The van der Waals surface area contributed by atoms with Crippen molar-refractivity contribution in [2.75, 3.05) is 13.7 Å². The molecule has 1 aromatic rings. The molecule has 20 heavy (non-hydrogen) atoms. The number of pyridine rings is 1. The molecule has 1 aromatic heterocycles. The molecule has 0 aliphatic carbocycles. The topological polar surface area (TPSA) is 43.4 Å². The van der Waals surface area contributed by atoms with Crippen molar-refractivity contribution < 1.29 is 9.47 Å². The van der Waals surface area contributed by atoms with Crippen molar-refractivity contribution in [2.45, 2.75) is 58.8 Å². The first-order chi connectivity index (χ1) is 9.62. The molecule has 0 amide bonds. The van der Waals surface area contributed by atoms with E-state index in [1.54, 1.807) is 13.3 Å². The Kier molecular flexibility index (Phi) is 7.55. The van der Waals surface area contributed by atoms with E-state index >= 15 is 0 Å². The molecule has 1 heterocycles. The smallest absolute Gasteiger partial charge is 0.138 e. The Balaban J connectivity index is 2.95. The van der Waals surface area contributed by atoms with Crippen molar-refractivity contribution in [1.82, 2.24) is 10.3 Å². The molecular weight excluding hydrogens is 252 g/mol. The van der Waals surface area contributed by atoms with E-state index in [2.05, 4.69) is 30.2 Å². The van der Waals surface area contributed by atoms with Gasteiger partial charge in [-0.25, -0.2) is 0 Å². The molecule has 0 spiro atoms. The Morgan fingerprint density at radius 1 is 1.25 bits per heavy atom. The summed E-state index contributed by atoms with van der Waals surface area (Å²) in [4.78, 5) is 4.30. The summed E-state index contributed by atoms with van der Waals surface area (Å²) >= 11 is 0. The van der Waals surface area contributed by atoms with Gasteiger partial charge in [0.15, 0.2) is 0 Å². The monoisotopic (exact) mass is 280 g/mol. The maximum atomic E-state index is 5.73. The Bertz CT molecular complexity index is 382. The molecule has 0 saturated heterocycles. The molecule has 2 unspecified atom stereocenters. The van der Waals surface area contributed by atoms with Crippen LogP contribution in [0.3, 0.4) is 0 Å². The van der Waals surface area contributed by atoms with Gasteiger partial charge in [-0.2, -0.15) is 0 Å². The zero-order chi connectivity index (χ0) is 15.0. The van der Waals surface area contributed by atoms with E-state index in [4.69, 9.17) is 9.47 Å². The Labute approximate surface area is 122 Å². The van der Waals surface area contributed by atoms with E-state index in [1.165, 1.54) is 0 Å². The van der Waals surface area contributed by atoms with Crippen LogP contribution in [0.25, 0.3) is 0 Å². The highest BCUT2D eigenvalue weighted by molar-refractivity contribution is 5.27. The Hall–Kier alpha value is -1.13. The van der Waals surface area contributed by atoms with Crippen molar-refractivity contribution in [3.63, 3.8) is 0 Å². The summed E-state index contributed by atoms with van der Waals surface area (Å²) in [7, 11) is 1.77. The predicted molar refractivity (Wildman–Crippen MR) is 82.1 cm³/mol. The van der Waals surface area contributed by atoms with Gasteiger partial charge in [-0.05, 0) is 38.4 Å². The van der Waals surface area contributed by atoms with E-state index < -0.39 is 0 Å². The largest absolute Gasteiger partial charge is 0.489 e. The molecule has 4 nitrogen and oxygen atoms in total. The quantitative estimate of drug-likeness (QED) is 0.753. The molecule has 0 aromatic carbocycles. The minimum absolute atomic E-state index is 0.146. The third-order valence-corrected chi connectivity index (χ3v) is 3.14. The fourth-order valence-corrected chi connectivity index (χ4v) is 2.33. The maximum Gasteiger partial charge on any atom is 0.138 e. The number of likely N-dealkylation sites (N-methyl/N-ethyl adjacent to an activating group) is 1. The molecule has 4 heteroatoms. The average Bonchev–Trinajstić information content (AvgIpc) is 2.42. The second-order valence-electron chi connectivity index (χ2n) is 5.22. The number of aromatic nitrogens is 1. The lowest BCUT2D eigenvalue weighted by atomic mass is 9.99. The minimum Gasteiger partial charge on any atom is -0.489 e. The standard InChI is InChI=1S/C16H28N2O2/c1-6-8-15(19-5)16(18-7-2)13-9-14(11-17-10-13)20-12(3)4/h9-12,15-16,18H,6-8H2,1-5H3. The van der Waals surface area contributed by atoms with Crippen molar-refractivity contribution in [2.24, 2.45) is 0 Å². The molecule has 1 rings (SSSR count). The van der Waals surface area contributed by atoms with Gasteiger partial charge in [-0.1, -0.05) is 20.3 Å². The highest BCUT2D eigenvalue weighted by Gasteiger charge is 2.22. The number of methoxy groups -OCH3 is 1. The molecule has 0 bridgehead atoms. The van der Waals surface area contributed by atoms with Gasteiger partial charge in [0, 0.05) is 13.3 Å². The predicted octanol–water partition coefficient (Wildman–Crippen LogP) is 3.33. The molecule has 0 aliphatic rings. The van der Waals surface area contributed by atoms with Crippen LogP contribution < -0.4 is 10.1 Å². The lowest BCUT2D eigenvalue weighted by molar-refractivity contribution is 0.0609. The van der Waals surface area contributed by atoms with E-state index in [0.29, 0.717) is 0 Å². The number of ether oxygens (including phenoxy) is 2. The van der Waals surface area contributed by atoms with Crippen LogP contribution in [0.4, 0.5) is 0 Å². The van der Waals surface area contributed by atoms with E-state index in [0.717, 1.165) is 30.7 Å². The van der Waals surface area contributed by atoms with Crippen molar-refractivity contribution in [3.05, 3.63) is 24.0 Å². The number of rotatable bonds is 9. The van der Waals surface area contributed by atoms with Crippen molar-refractivity contribution in [1.29, 1.82) is 0 Å². The third-order valence-electron chi connectivity index (χ3n) is 3.14. The second kappa shape index (κ2) is 8.93. The summed E-state index contributed by atoms with van der Waals surface area (Å²) in [5.74, 6) is 0.812. The van der Waals surface area contributed by atoms with Gasteiger partial charge >= 0.3 is 0 Å². The van der Waals surface area contributed by atoms with Crippen LogP contribution in [0.15, 0.2) is 18.5 Å². The van der Waals surface area contributed by atoms with Crippen LogP contribution in [0, 0.1) is 0 Å². The number of nitrogens with zero attached hydrogens (tertiary/aromatic N) is 1. The maximum absolute atomic E-state index is 5.73. The lowest BCUT2D eigenvalue weighted by Crippen LogP contribution is -2.33.